The summed E-state index contributed by atoms with van der Waals surface area (Å²) < 4.78 is 11.9. The van der Waals surface area contributed by atoms with Crippen molar-refractivity contribution in [1.82, 2.24) is 5.32 Å². The molecule has 0 amide bonds. The number of ether oxygens (including phenoxy) is 2. The third kappa shape index (κ3) is 3.71. The highest BCUT2D eigenvalue weighted by molar-refractivity contribution is 4.95. The van der Waals surface area contributed by atoms with Crippen LogP contribution in [0.1, 0.15) is 64.2 Å². The molecule has 3 heteroatoms. The summed E-state index contributed by atoms with van der Waals surface area (Å²) in [4.78, 5) is 0. The highest BCUT2D eigenvalue weighted by atomic mass is 16.5. The zero-order valence-corrected chi connectivity index (χ0v) is 12.2. The highest BCUT2D eigenvalue weighted by Gasteiger charge is 2.42. The van der Waals surface area contributed by atoms with Gasteiger partial charge in [-0.2, -0.15) is 0 Å². The second-order valence-electron chi connectivity index (χ2n) is 6.66. The summed E-state index contributed by atoms with van der Waals surface area (Å²) in [7, 11) is 0. The van der Waals surface area contributed by atoms with Crippen molar-refractivity contribution in [3.8, 4) is 0 Å². The molecule has 1 spiro atoms. The third-order valence-corrected chi connectivity index (χ3v) is 5.20. The molecule has 1 atom stereocenters. The van der Waals surface area contributed by atoms with Crippen LogP contribution < -0.4 is 5.32 Å². The quantitative estimate of drug-likeness (QED) is 0.777. The molecule has 2 saturated carbocycles. The van der Waals surface area contributed by atoms with E-state index in [0.29, 0.717) is 12.1 Å². The number of hydrogen-bond donors (Lipinski definition) is 1. The molecule has 3 aliphatic rings. The zero-order valence-electron chi connectivity index (χ0n) is 12.2. The number of hydrogen-bond acceptors (Lipinski definition) is 3. The van der Waals surface area contributed by atoms with E-state index < -0.39 is 0 Å². The summed E-state index contributed by atoms with van der Waals surface area (Å²) in [6.45, 7) is 2.84. The van der Waals surface area contributed by atoms with E-state index in [4.69, 9.17) is 9.47 Å². The lowest BCUT2D eigenvalue weighted by Gasteiger charge is -2.47. The maximum atomic E-state index is 5.97. The molecule has 1 N–H and O–H groups in total. The minimum Gasteiger partial charge on any atom is -0.377 e. The van der Waals surface area contributed by atoms with Crippen LogP contribution in [0.4, 0.5) is 0 Å². The van der Waals surface area contributed by atoms with Gasteiger partial charge in [0.15, 0.2) is 0 Å². The predicted octanol–water partition coefficient (Wildman–Crippen LogP) is 3.03. The van der Waals surface area contributed by atoms with E-state index >= 15 is 0 Å². The standard InChI is InChI=1S/C16H29NO2/c1-2-5-15(6-3-1)18-12-10-17-14-7-11-19-16(13-14)8-4-9-16/h14-15,17H,1-13H2. The monoisotopic (exact) mass is 267 g/mol. The van der Waals surface area contributed by atoms with E-state index in [-0.39, 0.29) is 5.60 Å². The third-order valence-electron chi connectivity index (χ3n) is 5.20. The van der Waals surface area contributed by atoms with Crippen molar-refractivity contribution in [2.75, 3.05) is 19.8 Å². The van der Waals surface area contributed by atoms with Crippen LogP contribution in [-0.4, -0.2) is 37.5 Å². The van der Waals surface area contributed by atoms with Gasteiger partial charge in [0.2, 0.25) is 0 Å². The predicted molar refractivity (Wildman–Crippen MR) is 76.4 cm³/mol. The van der Waals surface area contributed by atoms with E-state index in [0.717, 1.165) is 19.8 Å². The van der Waals surface area contributed by atoms with Crippen LogP contribution in [0.3, 0.4) is 0 Å². The average Bonchev–Trinajstić information content (AvgIpc) is 2.43. The fraction of sp³-hybridized carbons (Fsp3) is 1.00. The molecule has 1 unspecified atom stereocenters. The molecule has 0 radical (unpaired) electrons. The van der Waals surface area contributed by atoms with Gasteiger partial charge in [-0.15, -0.1) is 0 Å². The minimum atomic E-state index is 0.264. The number of nitrogens with one attached hydrogen (secondary N) is 1. The van der Waals surface area contributed by atoms with Crippen molar-refractivity contribution >= 4 is 0 Å². The molecule has 0 aromatic heterocycles. The Hall–Kier alpha value is -0.120. The molecular formula is C16H29NO2. The van der Waals surface area contributed by atoms with Crippen LogP contribution in [0, 0.1) is 0 Å². The van der Waals surface area contributed by atoms with Crippen molar-refractivity contribution in [3.05, 3.63) is 0 Å². The Balaban J connectivity index is 1.29. The first-order valence-electron chi connectivity index (χ1n) is 8.35. The Morgan fingerprint density at radius 1 is 1.05 bits per heavy atom. The van der Waals surface area contributed by atoms with E-state index in [1.165, 1.54) is 64.2 Å². The first-order chi connectivity index (χ1) is 9.36. The second kappa shape index (κ2) is 6.55. The Morgan fingerprint density at radius 3 is 2.63 bits per heavy atom. The highest BCUT2D eigenvalue weighted by Crippen LogP contribution is 2.42. The summed E-state index contributed by atoms with van der Waals surface area (Å²) in [5.74, 6) is 0. The molecule has 0 aromatic carbocycles. The lowest BCUT2D eigenvalue weighted by atomic mass is 9.74. The van der Waals surface area contributed by atoms with Gasteiger partial charge in [-0.05, 0) is 44.9 Å². The molecule has 2 aliphatic carbocycles. The molecule has 0 bridgehead atoms. The summed E-state index contributed by atoms with van der Waals surface area (Å²) in [5, 5.41) is 3.68. The van der Waals surface area contributed by atoms with Crippen molar-refractivity contribution < 1.29 is 9.47 Å². The Kier molecular flexibility index (Phi) is 4.78. The topological polar surface area (TPSA) is 30.5 Å². The fourth-order valence-corrected chi connectivity index (χ4v) is 3.84. The molecule has 0 aromatic rings. The van der Waals surface area contributed by atoms with Gasteiger partial charge in [-0.1, -0.05) is 19.3 Å². The van der Waals surface area contributed by atoms with Crippen molar-refractivity contribution in [2.45, 2.75) is 82.0 Å². The van der Waals surface area contributed by atoms with Gasteiger partial charge < -0.3 is 14.8 Å². The second-order valence-corrected chi connectivity index (χ2v) is 6.66. The minimum absolute atomic E-state index is 0.264. The molecule has 3 rings (SSSR count). The van der Waals surface area contributed by atoms with Gasteiger partial charge in [0.1, 0.15) is 0 Å². The molecule has 1 heterocycles. The molecule has 110 valence electrons. The summed E-state index contributed by atoms with van der Waals surface area (Å²) in [6, 6.07) is 0.656. The van der Waals surface area contributed by atoms with Crippen LogP contribution in [-0.2, 0) is 9.47 Å². The summed E-state index contributed by atoms with van der Waals surface area (Å²) in [6.07, 6.45) is 13.5. The lowest BCUT2D eigenvalue weighted by molar-refractivity contribution is -0.135. The van der Waals surface area contributed by atoms with Crippen LogP contribution in [0.25, 0.3) is 0 Å². The maximum absolute atomic E-state index is 5.97. The number of rotatable bonds is 5. The maximum Gasteiger partial charge on any atom is 0.0697 e. The van der Waals surface area contributed by atoms with Gasteiger partial charge in [0.25, 0.3) is 0 Å². The largest absolute Gasteiger partial charge is 0.377 e. The smallest absolute Gasteiger partial charge is 0.0697 e. The van der Waals surface area contributed by atoms with Crippen LogP contribution in [0.15, 0.2) is 0 Å². The van der Waals surface area contributed by atoms with E-state index in [1.807, 2.05) is 0 Å². The molecule has 1 aliphatic heterocycles. The van der Waals surface area contributed by atoms with Gasteiger partial charge in [0.05, 0.1) is 18.3 Å². The van der Waals surface area contributed by atoms with E-state index in [2.05, 4.69) is 5.32 Å². The van der Waals surface area contributed by atoms with Gasteiger partial charge >= 0.3 is 0 Å². The molecular weight excluding hydrogens is 238 g/mol. The van der Waals surface area contributed by atoms with Crippen LogP contribution in [0.5, 0.6) is 0 Å². The Bertz CT molecular complexity index is 272. The van der Waals surface area contributed by atoms with E-state index in [9.17, 15) is 0 Å². The van der Waals surface area contributed by atoms with Crippen LogP contribution >= 0.6 is 0 Å². The van der Waals surface area contributed by atoms with Gasteiger partial charge in [0, 0.05) is 19.2 Å². The summed E-state index contributed by atoms with van der Waals surface area (Å²) >= 11 is 0. The van der Waals surface area contributed by atoms with Crippen molar-refractivity contribution in [3.63, 3.8) is 0 Å². The molecule has 3 fully saturated rings. The normalized spacial score (nSPS) is 31.3. The van der Waals surface area contributed by atoms with Crippen molar-refractivity contribution in [1.29, 1.82) is 0 Å². The fourth-order valence-electron chi connectivity index (χ4n) is 3.84. The zero-order chi connectivity index (χ0) is 13.0. The Labute approximate surface area is 117 Å². The molecule has 3 nitrogen and oxygen atoms in total. The van der Waals surface area contributed by atoms with Crippen LogP contribution in [0.2, 0.25) is 0 Å². The average molecular weight is 267 g/mol. The Morgan fingerprint density at radius 2 is 1.89 bits per heavy atom. The molecule has 1 saturated heterocycles. The molecule has 19 heavy (non-hydrogen) atoms. The first-order valence-corrected chi connectivity index (χ1v) is 8.35. The SMILES string of the molecule is C1CCC(OCCNC2CCOC3(CCC3)C2)CC1. The lowest BCUT2D eigenvalue weighted by Crippen LogP contribution is -2.51. The van der Waals surface area contributed by atoms with Crippen molar-refractivity contribution in [2.24, 2.45) is 0 Å². The summed E-state index contributed by atoms with van der Waals surface area (Å²) in [5.41, 5.74) is 0.264. The van der Waals surface area contributed by atoms with Gasteiger partial charge in [-0.3, -0.25) is 0 Å². The van der Waals surface area contributed by atoms with E-state index in [1.54, 1.807) is 0 Å². The van der Waals surface area contributed by atoms with Gasteiger partial charge in [-0.25, -0.2) is 0 Å². The first kappa shape index (κ1) is 13.8.